The Morgan fingerprint density at radius 2 is 0.679 bits per heavy atom. The van der Waals surface area contributed by atoms with E-state index in [1.807, 2.05) is 0 Å². The average molecular weight is 674 g/mol. The second-order valence-electron chi connectivity index (χ2n) is 13.8. The van der Waals surface area contributed by atoms with Crippen molar-refractivity contribution in [2.24, 2.45) is 0 Å². The van der Waals surface area contributed by atoms with E-state index < -0.39 is 0 Å². The van der Waals surface area contributed by atoms with Crippen molar-refractivity contribution in [2.75, 3.05) is 4.90 Å². The van der Waals surface area contributed by atoms with Gasteiger partial charge in [-0.3, -0.25) is 0 Å². The zero-order chi connectivity index (χ0) is 35.1. The molecule has 0 aliphatic carbocycles. The predicted octanol–water partition coefficient (Wildman–Crippen LogP) is 14.8. The monoisotopic (exact) mass is 673 g/mol. The van der Waals surface area contributed by atoms with Gasteiger partial charge in [0.25, 0.3) is 0 Å². The molecule has 1 nitrogen and oxygen atoms in total. The van der Waals surface area contributed by atoms with Crippen LogP contribution < -0.4 is 4.90 Å². The molecule has 248 valence electrons. The zero-order valence-corrected chi connectivity index (χ0v) is 29.2. The third kappa shape index (κ3) is 5.69. The fourth-order valence-electron chi connectivity index (χ4n) is 7.85. The second kappa shape index (κ2) is 13.0. The topological polar surface area (TPSA) is 3.24 Å². The van der Waals surface area contributed by atoms with E-state index in [2.05, 4.69) is 217 Å². The molecule has 0 saturated heterocycles. The molecular weight excluding hydrogens is 639 g/mol. The van der Waals surface area contributed by atoms with Crippen molar-refractivity contribution in [3.63, 3.8) is 0 Å². The first-order valence-electron chi connectivity index (χ1n) is 18.2. The Morgan fingerprint density at radius 3 is 1.30 bits per heavy atom. The van der Waals surface area contributed by atoms with Crippen LogP contribution in [0, 0.1) is 0 Å². The fourth-order valence-corrected chi connectivity index (χ4v) is 7.85. The maximum absolute atomic E-state index is 2.46. The Morgan fingerprint density at radius 1 is 0.245 bits per heavy atom. The van der Waals surface area contributed by atoms with Crippen molar-refractivity contribution in [2.45, 2.75) is 0 Å². The van der Waals surface area contributed by atoms with Gasteiger partial charge in [-0.2, -0.15) is 0 Å². The Balaban J connectivity index is 1.20. The van der Waals surface area contributed by atoms with Crippen molar-refractivity contribution in [1.29, 1.82) is 0 Å². The summed E-state index contributed by atoms with van der Waals surface area (Å²) in [5, 5.41) is 9.86. The van der Waals surface area contributed by atoms with Crippen LogP contribution in [0.1, 0.15) is 0 Å². The number of benzene rings is 10. The maximum atomic E-state index is 2.46. The van der Waals surface area contributed by atoms with Gasteiger partial charge in [0.05, 0.1) is 11.4 Å². The van der Waals surface area contributed by atoms with Crippen molar-refractivity contribution < 1.29 is 0 Å². The smallest absolute Gasteiger partial charge is 0.0546 e. The lowest BCUT2D eigenvalue weighted by atomic mass is 9.94. The van der Waals surface area contributed by atoms with Crippen molar-refractivity contribution >= 4 is 60.2 Å². The molecule has 10 aromatic rings. The van der Waals surface area contributed by atoms with Gasteiger partial charge in [0, 0.05) is 16.6 Å². The number of hydrogen-bond donors (Lipinski definition) is 0. The van der Waals surface area contributed by atoms with Gasteiger partial charge >= 0.3 is 0 Å². The highest BCUT2D eigenvalue weighted by Gasteiger charge is 2.21. The largest absolute Gasteiger partial charge is 0.309 e. The first-order chi connectivity index (χ1) is 26.2. The minimum Gasteiger partial charge on any atom is -0.309 e. The number of rotatable bonds is 6. The molecule has 0 aliphatic rings. The number of nitrogens with zero attached hydrogens (tertiary/aromatic N) is 1. The second-order valence-corrected chi connectivity index (χ2v) is 13.8. The molecule has 0 bridgehead atoms. The predicted molar refractivity (Wildman–Crippen MR) is 227 cm³/mol. The zero-order valence-electron chi connectivity index (χ0n) is 29.2. The summed E-state index contributed by atoms with van der Waals surface area (Å²) in [6, 6.07) is 77.5. The quantitative estimate of drug-likeness (QED) is 0.170. The number of anilines is 3. The molecule has 1 heteroatoms. The lowest BCUT2D eigenvalue weighted by Crippen LogP contribution is -2.12. The van der Waals surface area contributed by atoms with E-state index in [0.717, 1.165) is 17.1 Å². The molecule has 0 atom stereocenters. The first kappa shape index (κ1) is 30.8. The van der Waals surface area contributed by atoms with Crippen molar-refractivity contribution in [1.82, 2.24) is 0 Å². The van der Waals surface area contributed by atoms with E-state index in [-0.39, 0.29) is 0 Å². The van der Waals surface area contributed by atoms with Crippen LogP contribution in [-0.4, -0.2) is 0 Å². The van der Waals surface area contributed by atoms with Gasteiger partial charge in [-0.25, -0.2) is 0 Å². The molecule has 0 spiro atoms. The van der Waals surface area contributed by atoms with Crippen LogP contribution in [0.2, 0.25) is 0 Å². The lowest BCUT2D eigenvalue weighted by molar-refractivity contribution is 1.30. The summed E-state index contributed by atoms with van der Waals surface area (Å²) in [6.45, 7) is 0. The Bertz CT molecular complexity index is 2950. The lowest BCUT2D eigenvalue weighted by Gasteiger charge is -2.30. The van der Waals surface area contributed by atoms with E-state index >= 15 is 0 Å². The van der Waals surface area contributed by atoms with E-state index in [9.17, 15) is 0 Å². The van der Waals surface area contributed by atoms with Gasteiger partial charge in [0.15, 0.2) is 0 Å². The van der Waals surface area contributed by atoms with Crippen LogP contribution >= 0.6 is 0 Å². The molecule has 0 heterocycles. The van der Waals surface area contributed by atoms with Crippen molar-refractivity contribution in [3.8, 4) is 33.4 Å². The van der Waals surface area contributed by atoms with Gasteiger partial charge in [0.1, 0.15) is 0 Å². The summed E-state index contributed by atoms with van der Waals surface area (Å²) < 4.78 is 0. The molecule has 0 aliphatic heterocycles. The maximum Gasteiger partial charge on any atom is 0.0546 e. The Hall–Kier alpha value is -6.96. The summed E-state index contributed by atoms with van der Waals surface area (Å²) in [4.78, 5) is 2.46. The van der Waals surface area contributed by atoms with Crippen molar-refractivity contribution in [3.05, 3.63) is 212 Å². The molecule has 0 aromatic heterocycles. The summed E-state index contributed by atoms with van der Waals surface area (Å²) >= 11 is 0. The van der Waals surface area contributed by atoms with E-state index in [1.54, 1.807) is 0 Å². The molecule has 0 N–H and O–H groups in total. The molecule has 0 saturated carbocycles. The van der Waals surface area contributed by atoms with Crippen LogP contribution in [0.5, 0.6) is 0 Å². The molecule has 0 radical (unpaired) electrons. The molecule has 0 amide bonds. The van der Waals surface area contributed by atoms with Crippen LogP contribution in [0.15, 0.2) is 212 Å². The Labute approximate surface area is 309 Å². The number of fused-ring (bicyclic) bond motifs is 4. The molecular formula is C52H35N. The van der Waals surface area contributed by atoms with Gasteiger partial charge in [-0.05, 0) is 108 Å². The molecule has 0 fully saturated rings. The van der Waals surface area contributed by atoms with Crippen LogP contribution in [0.25, 0.3) is 76.5 Å². The molecule has 10 aromatic carbocycles. The van der Waals surface area contributed by atoms with Gasteiger partial charge in [-0.1, -0.05) is 170 Å². The van der Waals surface area contributed by atoms with Gasteiger partial charge in [0.2, 0.25) is 0 Å². The van der Waals surface area contributed by atoms with E-state index in [1.165, 1.54) is 76.5 Å². The normalized spacial score (nSPS) is 11.4. The summed E-state index contributed by atoms with van der Waals surface area (Å²) in [5.41, 5.74) is 10.5. The van der Waals surface area contributed by atoms with Crippen LogP contribution in [-0.2, 0) is 0 Å². The third-order valence-electron chi connectivity index (χ3n) is 10.6. The molecule has 53 heavy (non-hydrogen) atoms. The SMILES string of the molecule is c1ccc2cc(-c3ccc(N(c4cc(-c5ccc6ccccc6c5)ccc4-c4ccc5ccccc5c4)c4cccc5ccccc45)cc3)ccc2c1. The fraction of sp³-hybridized carbons (Fsp3) is 0. The van der Waals surface area contributed by atoms with E-state index in [4.69, 9.17) is 0 Å². The third-order valence-corrected chi connectivity index (χ3v) is 10.6. The Kier molecular flexibility index (Phi) is 7.55. The highest BCUT2D eigenvalue weighted by molar-refractivity contribution is 6.03. The summed E-state index contributed by atoms with van der Waals surface area (Å²) in [5.74, 6) is 0. The average Bonchev–Trinajstić information content (AvgIpc) is 3.23. The van der Waals surface area contributed by atoms with Gasteiger partial charge in [-0.15, -0.1) is 0 Å². The van der Waals surface area contributed by atoms with Crippen LogP contribution in [0.4, 0.5) is 17.1 Å². The minimum absolute atomic E-state index is 1.10. The first-order valence-corrected chi connectivity index (χ1v) is 18.2. The highest BCUT2D eigenvalue weighted by atomic mass is 15.1. The van der Waals surface area contributed by atoms with Gasteiger partial charge < -0.3 is 4.90 Å². The minimum atomic E-state index is 1.10. The highest BCUT2D eigenvalue weighted by Crippen LogP contribution is 2.46. The summed E-state index contributed by atoms with van der Waals surface area (Å²) in [6.07, 6.45) is 0. The summed E-state index contributed by atoms with van der Waals surface area (Å²) in [7, 11) is 0. The molecule has 0 unspecified atom stereocenters. The number of hydrogen-bond acceptors (Lipinski definition) is 1. The van der Waals surface area contributed by atoms with Crippen LogP contribution in [0.3, 0.4) is 0 Å². The van der Waals surface area contributed by atoms with E-state index in [0.29, 0.717) is 0 Å². The standard InChI is InChI=1S/C52H35N/c1-4-14-41-32-44(23-20-36(41)10-1)39-26-29-48(30-27-39)53(51-19-9-17-40-13-7-8-18-49(40)51)52-35-46(45-24-21-37-11-2-5-15-42(37)33-45)28-31-50(52)47-25-22-38-12-3-6-16-43(38)34-47/h1-35H. The molecule has 10 rings (SSSR count).